The number of carbonyl (C=O) groups is 2. The van der Waals surface area contributed by atoms with Crippen molar-refractivity contribution in [3.63, 3.8) is 0 Å². The maximum atomic E-state index is 13.1. The fourth-order valence-corrected chi connectivity index (χ4v) is 4.54. The van der Waals surface area contributed by atoms with Crippen LogP contribution in [-0.2, 0) is 23.7 Å². The molecule has 2 amide bonds. The van der Waals surface area contributed by atoms with E-state index in [1.54, 1.807) is 17.1 Å². The molecule has 224 valence electrons. The van der Waals surface area contributed by atoms with Gasteiger partial charge in [-0.25, -0.2) is 4.79 Å². The van der Waals surface area contributed by atoms with Gasteiger partial charge in [0.25, 0.3) is 0 Å². The van der Waals surface area contributed by atoms with Gasteiger partial charge in [0.2, 0.25) is 5.91 Å². The number of hydrogen-bond acceptors (Lipinski definition) is 9. The summed E-state index contributed by atoms with van der Waals surface area (Å²) >= 11 is 12.1. The summed E-state index contributed by atoms with van der Waals surface area (Å²) in [5.41, 5.74) is 0.301. The molecule has 1 aromatic rings. The third-order valence-corrected chi connectivity index (χ3v) is 7.00. The number of amides is 2. The molecule has 11 nitrogen and oxygen atoms in total. The summed E-state index contributed by atoms with van der Waals surface area (Å²) in [5.74, 6) is 0.545. The zero-order chi connectivity index (χ0) is 29.1. The highest BCUT2D eigenvalue weighted by Gasteiger charge is 2.33. The number of hydrogen-bond donors (Lipinski definition) is 2. The number of halogens is 2. The number of hydrazone groups is 1. The highest BCUT2D eigenvalue weighted by molar-refractivity contribution is 6.42. The summed E-state index contributed by atoms with van der Waals surface area (Å²) in [6, 6.07) is 5.04. The Bertz CT molecular complexity index is 1020. The number of nitrogens with one attached hydrogen (secondary N) is 2. The number of likely N-dealkylation sites (N-methyl/N-ethyl adjacent to an activating group) is 1. The molecule has 0 spiro atoms. The minimum Gasteiger partial charge on any atom is -0.444 e. The van der Waals surface area contributed by atoms with Crippen molar-refractivity contribution >= 4 is 46.7 Å². The van der Waals surface area contributed by atoms with E-state index in [0.29, 0.717) is 74.8 Å². The van der Waals surface area contributed by atoms with Crippen molar-refractivity contribution in [3.05, 3.63) is 28.2 Å². The van der Waals surface area contributed by atoms with Gasteiger partial charge in [0.1, 0.15) is 11.4 Å². The van der Waals surface area contributed by atoms with Crippen LogP contribution < -0.4 is 15.6 Å². The standard InChI is InChI=1S/C27H41Cl2N5O6/c1-27(2,3)40-26(36)30-9-12-37-13-14-38-15-16-39-20-7-10-33(4)23(18-20)25(35)31-24-8-11-34(32-24)19-5-6-21(28)22(29)17-19/h5-6,17,20,23H,7-16,18H2,1-4H3,(H,30,36)(H,31,32,35)/t20-,23+/m1/s1. The molecule has 1 fully saturated rings. The predicted molar refractivity (Wildman–Crippen MR) is 155 cm³/mol. The Hall–Kier alpha value is -2.15. The summed E-state index contributed by atoms with van der Waals surface area (Å²) in [6.07, 6.45) is 1.59. The van der Waals surface area contributed by atoms with Crippen LogP contribution in [0.5, 0.6) is 0 Å². The van der Waals surface area contributed by atoms with Gasteiger partial charge in [-0.1, -0.05) is 23.2 Å². The van der Waals surface area contributed by atoms with Gasteiger partial charge in [-0.05, 0) is 58.9 Å². The van der Waals surface area contributed by atoms with Crippen molar-refractivity contribution in [2.75, 3.05) is 64.7 Å². The van der Waals surface area contributed by atoms with Crippen LogP contribution in [0.4, 0.5) is 10.5 Å². The number of nitrogens with zero attached hydrogens (tertiary/aromatic N) is 3. The maximum Gasteiger partial charge on any atom is 0.407 e. The summed E-state index contributed by atoms with van der Waals surface area (Å²) in [7, 11) is 1.95. The maximum absolute atomic E-state index is 13.1. The van der Waals surface area contributed by atoms with E-state index >= 15 is 0 Å². The first kappa shape index (κ1) is 32.4. The fraction of sp³-hybridized carbons (Fsp3) is 0.667. The third-order valence-electron chi connectivity index (χ3n) is 6.26. The largest absolute Gasteiger partial charge is 0.444 e. The molecule has 2 heterocycles. The van der Waals surface area contributed by atoms with E-state index in [2.05, 4.69) is 15.7 Å². The average Bonchev–Trinajstić information content (AvgIpc) is 3.35. The second kappa shape index (κ2) is 15.7. The molecule has 1 saturated heterocycles. The smallest absolute Gasteiger partial charge is 0.407 e. The molecule has 2 atom stereocenters. The van der Waals surface area contributed by atoms with E-state index in [0.717, 1.165) is 18.7 Å². The van der Waals surface area contributed by atoms with Crippen LogP contribution in [0, 0.1) is 0 Å². The number of alkyl carbamates (subject to hydrolysis) is 1. The lowest BCUT2D eigenvalue weighted by Gasteiger charge is -2.35. The minimum atomic E-state index is -0.524. The monoisotopic (exact) mass is 601 g/mol. The Morgan fingerprint density at radius 2 is 1.77 bits per heavy atom. The van der Waals surface area contributed by atoms with Crippen LogP contribution in [-0.4, -0.2) is 100 Å². The zero-order valence-corrected chi connectivity index (χ0v) is 25.2. The summed E-state index contributed by atoms with van der Waals surface area (Å²) in [6.45, 7) is 9.30. The average molecular weight is 603 g/mol. The van der Waals surface area contributed by atoms with Gasteiger partial charge in [0.05, 0.1) is 60.9 Å². The highest BCUT2D eigenvalue weighted by Crippen LogP contribution is 2.28. The van der Waals surface area contributed by atoms with Gasteiger partial charge >= 0.3 is 6.09 Å². The topological polar surface area (TPSA) is 114 Å². The van der Waals surface area contributed by atoms with Crippen molar-refractivity contribution in [1.82, 2.24) is 15.5 Å². The molecule has 40 heavy (non-hydrogen) atoms. The molecule has 0 aromatic heterocycles. The number of ether oxygens (including phenoxy) is 4. The SMILES string of the molecule is CN1CC[C@@H](OCCOCCOCCNC(=O)OC(C)(C)C)C[C@H]1C(=O)NC1=NN(c2ccc(Cl)c(Cl)c2)CC1. The van der Waals surface area contributed by atoms with Crippen LogP contribution in [0.3, 0.4) is 0 Å². The van der Waals surface area contributed by atoms with Gasteiger partial charge in [-0.15, -0.1) is 0 Å². The number of likely N-dealkylation sites (tertiary alicyclic amines) is 1. The van der Waals surface area contributed by atoms with Gasteiger partial charge in [-0.2, -0.15) is 5.10 Å². The molecular formula is C27H41Cl2N5O6. The quantitative estimate of drug-likeness (QED) is 0.349. The van der Waals surface area contributed by atoms with E-state index in [4.69, 9.17) is 42.1 Å². The van der Waals surface area contributed by atoms with Crippen molar-refractivity contribution in [2.45, 2.75) is 57.8 Å². The third kappa shape index (κ3) is 11.0. The van der Waals surface area contributed by atoms with Crippen molar-refractivity contribution in [2.24, 2.45) is 5.10 Å². The molecule has 2 N–H and O–H groups in total. The Balaban J connectivity index is 1.28. The van der Waals surface area contributed by atoms with Gasteiger partial charge in [0.15, 0.2) is 0 Å². The normalized spacial score (nSPS) is 19.9. The summed E-state index contributed by atoms with van der Waals surface area (Å²) < 4.78 is 22.2. The molecule has 0 saturated carbocycles. The molecule has 2 aliphatic heterocycles. The second-order valence-electron chi connectivity index (χ2n) is 10.7. The molecule has 3 rings (SSSR count). The Morgan fingerprint density at radius 1 is 1.05 bits per heavy atom. The Labute approximate surface area is 246 Å². The number of benzene rings is 1. The molecule has 1 aromatic carbocycles. The number of amidine groups is 1. The van der Waals surface area contributed by atoms with E-state index in [-0.39, 0.29) is 18.1 Å². The van der Waals surface area contributed by atoms with Crippen molar-refractivity contribution in [1.29, 1.82) is 0 Å². The molecule has 13 heteroatoms. The van der Waals surface area contributed by atoms with Crippen LogP contribution in [0.15, 0.2) is 23.3 Å². The van der Waals surface area contributed by atoms with Crippen molar-refractivity contribution in [3.8, 4) is 0 Å². The summed E-state index contributed by atoms with van der Waals surface area (Å²) in [4.78, 5) is 26.7. The van der Waals surface area contributed by atoms with Gasteiger partial charge in [-0.3, -0.25) is 14.7 Å². The Kier molecular flexibility index (Phi) is 12.7. The number of rotatable bonds is 12. The lowest BCUT2D eigenvalue weighted by atomic mass is 9.99. The fourth-order valence-electron chi connectivity index (χ4n) is 4.25. The van der Waals surface area contributed by atoms with E-state index in [1.807, 2.05) is 38.8 Å². The number of piperidine rings is 1. The van der Waals surface area contributed by atoms with E-state index in [9.17, 15) is 9.59 Å². The predicted octanol–water partition coefficient (Wildman–Crippen LogP) is 3.67. The molecule has 0 radical (unpaired) electrons. The highest BCUT2D eigenvalue weighted by atomic mass is 35.5. The number of carbonyl (C=O) groups excluding carboxylic acids is 2. The Morgan fingerprint density at radius 3 is 2.50 bits per heavy atom. The van der Waals surface area contributed by atoms with E-state index in [1.165, 1.54) is 0 Å². The molecule has 2 aliphatic rings. The first-order chi connectivity index (χ1) is 19.0. The van der Waals surface area contributed by atoms with Crippen LogP contribution in [0.2, 0.25) is 10.0 Å². The zero-order valence-electron chi connectivity index (χ0n) is 23.7. The van der Waals surface area contributed by atoms with Crippen LogP contribution in [0.25, 0.3) is 0 Å². The lowest BCUT2D eigenvalue weighted by molar-refractivity contribution is -0.128. The van der Waals surface area contributed by atoms with Crippen LogP contribution >= 0.6 is 23.2 Å². The van der Waals surface area contributed by atoms with E-state index < -0.39 is 11.7 Å². The summed E-state index contributed by atoms with van der Waals surface area (Å²) in [5, 5.41) is 12.9. The molecule has 0 bridgehead atoms. The van der Waals surface area contributed by atoms with Gasteiger partial charge in [0, 0.05) is 26.1 Å². The molecule has 0 aliphatic carbocycles. The van der Waals surface area contributed by atoms with Crippen LogP contribution in [0.1, 0.15) is 40.0 Å². The number of anilines is 1. The first-order valence-corrected chi connectivity index (χ1v) is 14.3. The van der Waals surface area contributed by atoms with Gasteiger partial charge < -0.3 is 29.6 Å². The second-order valence-corrected chi connectivity index (χ2v) is 11.5. The van der Waals surface area contributed by atoms with Crippen molar-refractivity contribution < 1.29 is 28.5 Å². The lowest BCUT2D eigenvalue weighted by Crippen LogP contribution is -2.52. The minimum absolute atomic E-state index is 0.0241. The first-order valence-electron chi connectivity index (χ1n) is 13.6. The molecular weight excluding hydrogens is 561 g/mol. The molecule has 0 unspecified atom stereocenters.